The van der Waals surface area contributed by atoms with Crippen molar-refractivity contribution < 1.29 is 4.74 Å². The van der Waals surface area contributed by atoms with Gasteiger partial charge in [0.2, 0.25) is 0 Å². The second-order valence-corrected chi connectivity index (χ2v) is 4.74. The lowest BCUT2D eigenvalue weighted by Gasteiger charge is -2.22. The predicted octanol–water partition coefficient (Wildman–Crippen LogP) is 3.60. The largest absolute Gasteiger partial charge is 0.379 e. The Balaban J connectivity index is 3.31. The van der Waals surface area contributed by atoms with Gasteiger partial charge in [0.15, 0.2) is 0 Å². The van der Waals surface area contributed by atoms with Gasteiger partial charge in [-0.05, 0) is 33.6 Å². The summed E-state index contributed by atoms with van der Waals surface area (Å²) in [6, 6.07) is 0. The van der Waals surface area contributed by atoms with Gasteiger partial charge in [-0.15, -0.1) is 11.6 Å². The van der Waals surface area contributed by atoms with E-state index >= 15 is 0 Å². The van der Waals surface area contributed by atoms with Gasteiger partial charge in [0.05, 0.1) is 5.60 Å². The molecule has 0 aliphatic rings. The Bertz CT molecular complexity index is 110. The molecule has 0 amide bonds. The molecule has 0 aliphatic heterocycles. The molecule has 12 heavy (non-hydrogen) atoms. The van der Waals surface area contributed by atoms with Crippen LogP contribution in [0.5, 0.6) is 0 Å². The van der Waals surface area contributed by atoms with Crippen LogP contribution in [-0.2, 0) is 4.74 Å². The summed E-state index contributed by atoms with van der Waals surface area (Å²) >= 11 is 5.83. The van der Waals surface area contributed by atoms with E-state index in [2.05, 4.69) is 13.8 Å². The molecule has 74 valence electrons. The first-order valence-corrected chi connectivity index (χ1v) is 5.11. The highest BCUT2D eigenvalue weighted by atomic mass is 35.5. The first kappa shape index (κ1) is 12.2. The topological polar surface area (TPSA) is 9.23 Å². The molecule has 0 heterocycles. The Morgan fingerprint density at radius 1 is 1.33 bits per heavy atom. The average Bonchev–Trinajstić information content (AvgIpc) is 1.98. The second-order valence-electron chi connectivity index (χ2n) is 3.99. The zero-order valence-electron chi connectivity index (χ0n) is 8.69. The molecule has 0 aromatic rings. The highest BCUT2D eigenvalue weighted by Crippen LogP contribution is 2.18. The number of hydrogen-bond donors (Lipinski definition) is 0. The minimum Gasteiger partial charge on any atom is -0.379 e. The number of methoxy groups -OCH3 is 1. The number of alkyl halides is 1. The first-order chi connectivity index (χ1) is 5.48. The van der Waals surface area contributed by atoms with E-state index in [1.807, 2.05) is 6.92 Å². The van der Waals surface area contributed by atoms with Gasteiger partial charge in [0.25, 0.3) is 0 Å². The minimum absolute atomic E-state index is 0.0373. The maximum atomic E-state index is 5.83. The minimum atomic E-state index is 0.0373. The van der Waals surface area contributed by atoms with Gasteiger partial charge in [-0.1, -0.05) is 12.8 Å². The molecular weight excluding hydrogens is 172 g/mol. The van der Waals surface area contributed by atoms with Crippen molar-refractivity contribution >= 4 is 11.6 Å². The highest BCUT2D eigenvalue weighted by molar-refractivity contribution is 6.20. The third-order valence-electron chi connectivity index (χ3n) is 2.18. The summed E-state index contributed by atoms with van der Waals surface area (Å²) in [6.07, 6.45) is 4.64. The lowest BCUT2D eigenvalue weighted by atomic mass is 10.00. The van der Waals surface area contributed by atoms with Crippen LogP contribution in [0, 0.1) is 0 Å². The van der Waals surface area contributed by atoms with E-state index in [-0.39, 0.29) is 5.60 Å². The van der Waals surface area contributed by atoms with Gasteiger partial charge >= 0.3 is 0 Å². The van der Waals surface area contributed by atoms with E-state index in [9.17, 15) is 0 Å². The summed E-state index contributed by atoms with van der Waals surface area (Å²) in [5.41, 5.74) is 0.0373. The average molecular weight is 193 g/mol. The SMILES string of the molecule is COC(C)(C)CCCCC(C)Cl. The zero-order valence-corrected chi connectivity index (χ0v) is 9.45. The summed E-state index contributed by atoms with van der Waals surface area (Å²) in [7, 11) is 1.77. The maximum absolute atomic E-state index is 5.83. The fraction of sp³-hybridized carbons (Fsp3) is 1.00. The van der Waals surface area contributed by atoms with E-state index in [4.69, 9.17) is 16.3 Å². The number of unbranched alkanes of at least 4 members (excludes halogenated alkanes) is 1. The summed E-state index contributed by atoms with van der Waals surface area (Å²) in [4.78, 5) is 0. The Hall–Kier alpha value is 0.250. The molecule has 0 bridgehead atoms. The van der Waals surface area contributed by atoms with Gasteiger partial charge in [0.1, 0.15) is 0 Å². The van der Waals surface area contributed by atoms with Crippen molar-refractivity contribution in [3.05, 3.63) is 0 Å². The molecule has 1 atom stereocenters. The molecule has 2 heteroatoms. The van der Waals surface area contributed by atoms with Crippen molar-refractivity contribution in [3.8, 4) is 0 Å². The molecule has 1 nitrogen and oxygen atoms in total. The molecule has 0 saturated carbocycles. The second kappa shape index (κ2) is 5.82. The molecule has 0 aromatic carbocycles. The Morgan fingerprint density at radius 2 is 1.92 bits per heavy atom. The Kier molecular flexibility index (Phi) is 5.94. The quantitative estimate of drug-likeness (QED) is 0.462. The van der Waals surface area contributed by atoms with E-state index in [0.29, 0.717) is 5.38 Å². The summed E-state index contributed by atoms with van der Waals surface area (Å²) < 4.78 is 5.31. The van der Waals surface area contributed by atoms with Gasteiger partial charge in [-0.25, -0.2) is 0 Å². The molecule has 1 unspecified atom stereocenters. The van der Waals surface area contributed by atoms with Crippen molar-refractivity contribution in [3.63, 3.8) is 0 Å². The maximum Gasteiger partial charge on any atom is 0.0622 e. The fourth-order valence-corrected chi connectivity index (χ4v) is 1.23. The molecule has 0 N–H and O–H groups in total. The van der Waals surface area contributed by atoms with Gasteiger partial charge < -0.3 is 4.74 Å². The summed E-state index contributed by atoms with van der Waals surface area (Å²) in [6.45, 7) is 6.29. The van der Waals surface area contributed by atoms with E-state index in [0.717, 1.165) is 12.8 Å². The first-order valence-electron chi connectivity index (χ1n) is 4.67. The summed E-state index contributed by atoms with van der Waals surface area (Å²) in [5.74, 6) is 0. The van der Waals surface area contributed by atoms with Crippen molar-refractivity contribution in [2.75, 3.05) is 7.11 Å². The standard InChI is InChI=1S/C10H21ClO/c1-9(11)7-5-6-8-10(2,3)12-4/h9H,5-8H2,1-4H3. The van der Waals surface area contributed by atoms with E-state index < -0.39 is 0 Å². The lowest BCUT2D eigenvalue weighted by molar-refractivity contribution is 0.0134. The van der Waals surface area contributed by atoms with Crippen LogP contribution in [0.25, 0.3) is 0 Å². The van der Waals surface area contributed by atoms with Crippen molar-refractivity contribution in [2.45, 2.75) is 57.4 Å². The molecule has 0 fully saturated rings. The normalized spacial score (nSPS) is 14.8. The molecular formula is C10H21ClO. The van der Waals surface area contributed by atoms with Crippen molar-refractivity contribution in [2.24, 2.45) is 0 Å². The van der Waals surface area contributed by atoms with Crippen LogP contribution in [0.3, 0.4) is 0 Å². The number of hydrogen-bond acceptors (Lipinski definition) is 1. The zero-order chi connectivity index (χ0) is 9.61. The van der Waals surface area contributed by atoms with Gasteiger partial charge in [-0.2, -0.15) is 0 Å². The van der Waals surface area contributed by atoms with Crippen LogP contribution in [0.4, 0.5) is 0 Å². The molecule has 0 saturated heterocycles. The summed E-state index contributed by atoms with van der Waals surface area (Å²) in [5, 5.41) is 0.315. The smallest absolute Gasteiger partial charge is 0.0622 e. The monoisotopic (exact) mass is 192 g/mol. The molecule has 0 rings (SSSR count). The van der Waals surface area contributed by atoms with Crippen molar-refractivity contribution in [1.82, 2.24) is 0 Å². The number of halogens is 1. The van der Waals surface area contributed by atoms with Crippen LogP contribution < -0.4 is 0 Å². The van der Waals surface area contributed by atoms with Gasteiger partial charge in [-0.3, -0.25) is 0 Å². The van der Waals surface area contributed by atoms with Crippen LogP contribution in [0.1, 0.15) is 46.5 Å². The predicted molar refractivity (Wildman–Crippen MR) is 54.9 cm³/mol. The van der Waals surface area contributed by atoms with Crippen LogP contribution >= 0.6 is 11.6 Å². The fourth-order valence-electron chi connectivity index (χ4n) is 1.08. The van der Waals surface area contributed by atoms with Crippen LogP contribution in [0.15, 0.2) is 0 Å². The van der Waals surface area contributed by atoms with E-state index in [1.165, 1.54) is 12.8 Å². The third kappa shape index (κ3) is 6.93. The molecule has 0 aromatic heterocycles. The molecule has 0 radical (unpaired) electrons. The van der Waals surface area contributed by atoms with Crippen LogP contribution in [-0.4, -0.2) is 18.1 Å². The van der Waals surface area contributed by atoms with Crippen molar-refractivity contribution in [1.29, 1.82) is 0 Å². The number of ether oxygens (including phenoxy) is 1. The van der Waals surface area contributed by atoms with E-state index in [1.54, 1.807) is 7.11 Å². The van der Waals surface area contributed by atoms with Gasteiger partial charge in [0, 0.05) is 12.5 Å². The number of rotatable bonds is 6. The Labute approximate surface area is 81.4 Å². The highest BCUT2D eigenvalue weighted by Gasteiger charge is 2.14. The molecule has 0 aliphatic carbocycles. The third-order valence-corrected chi connectivity index (χ3v) is 2.40. The Morgan fingerprint density at radius 3 is 2.33 bits per heavy atom. The van der Waals surface area contributed by atoms with Crippen LogP contribution in [0.2, 0.25) is 0 Å². The molecule has 0 spiro atoms. The lowest BCUT2D eigenvalue weighted by Crippen LogP contribution is -2.21.